The molecule has 0 aromatic carbocycles. The number of aliphatic carboxylic acids is 1. The molecular weight excluding hydrogens is 164 g/mol. The Bertz CT molecular complexity index is 242. The van der Waals surface area contributed by atoms with Crippen LogP contribution in [0.4, 0.5) is 0 Å². The molecule has 0 radical (unpaired) electrons. The van der Waals surface area contributed by atoms with Gasteiger partial charge in [0.05, 0.1) is 0 Å². The summed E-state index contributed by atoms with van der Waals surface area (Å²) >= 11 is 0. The molecule has 1 aliphatic rings. The van der Waals surface area contributed by atoms with Gasteiger partial charge in [0.2, 0.25) is 0 Å². The lowest BCUT2D eigenvalue weighted by molar-refractivity contribution is -0.143. The highest BCUT2D eigenvalue weighted by atomic mass is 16.5. The molecule has 0 bridgehead atoms. The summed E-state index contributed by atoms with van der Waals surface area (Å²) in [5.74, 6) is -1.55. The zero-order chi connectivity index (χ0) is 8.97. The number of azo groups is 1. The van der Waals surface area contributed by atoms with Gasteiger partial charge < -0.3 is 9.84 Å². The van der Waals surface area contributed by atoms with E-state index >= 15 is 0 Å². The van der Waals surface area contributed by atoms with E-state index in [0.717, 1.165) is 0 Å². The number of nitrogens with zero attached hydrogens (tertiary/aromatic N) is 2. The topological polar surface area (TPSA) is 88.3 Å². The molecule has 1 amide bonds. The Labute approximate surface area is 67.5 Å². The van der Waals surface area contributed by atoms with Crippen LogP contribution in [0.2, 0.25) is 0 Å². The monoisotopic (exact) mass is 170 g/mol. The van der Waals surface area contributed by atoms with Gasteiger partial charge in [-0.15, -0.1) is 10.2 Å². The van der Waals surface area contributed by atoms with Gasteiger partial charge in [0, 0.05) is 6.08 Å². The first-order valence-corrected chi connectivity index (χ1v) is 3.15. The van der Waals surface area contributed by atoms with Gasteiger partial charge in [-0.3, -0.25) is 4.79 Å². The van der Waals surface area contributed by atoms with Gasteiger partial charge in [0.15, 0.2) is 6.23 Å². The summed E-state index contributed by atoms with van der Waals surface area (Å²) in [7, 11) is 0. The molecule has 0 fully saturated rings. The lowest BCUT2D eigenvalue weighted by Gasteiger charge is -2.07. The van der Waals surface area contributed by atoms with Gasteiger partial charge >= 0.3 is 5.97 Å². The summed E-state index contributed by atoms with van der Waals surface area (Å²) in [4.78, 5) is 20.4. The van der Waals surface area contributed by atoms with E-state index in [1.54, 1.807) is 0 Å². The van der Waals surface area contributed by atoms with Crippen molar-refractivity contribution in [3.05, 3.63) is 12.2 Å². The van der Waals surface area contributed by atoms with Crippen LogP contribution >= 0.6 is 0 Å². The third-order valence-corrected chi connectivity index (χ3v) is 1.05. The first kappa shape index (κ1) is 8.54. The Morgan fingerprint density at radius 2 is 2.50 bits per heavy atom. The summed E-state index contributed by atoms with van der Waals surface area (Å²) in [5.41, 5.74) is 0. The molecule has 64 valence electrons. The third-order valence-electron chi connectivity index (χ3n) is 1.05. The number of carbonyl (C=O) groups is 2. The lowest BCUT2D eigenvalue weighted by atomic mass is 10.4. The Morgan fingerprint density at radius 1 is 1.75 bits per heavy atom. The first-order chi connectivity index (χ1) is 5.68. The standard InChI is InChI=1S/C6H6N2O4/c9-4-1-2-5(8-7-4)12-3-6(10)11/h1-2,5H,3H2,(H,10,11). The average Bonchev–Trinajstić information content (AvgIpc) is 2.03. The smallest absolute Gasteiger partial charge is 0.329 e. The normalized spacial score (nSPS) is 21.3. The number of carboxylic acid groups (broad SMARTS) is 1. The van der Waals surface area contributed by atoms with E-state index in [0.29, 0.717) is 0 Å². The second-order valence-electron chi connectivity index (χ2n) is 2.01. The van der Waals surface area contributed by atoms with Crippen molar-refractivity contribution in [3.8, 4) is 0 Å². The van der Waals surface area contributed by atoms with Crippen molar-refractivity contribution >= 4 is 11.9 Å². The van der Waals surface area contributed by atoms with Crippen LogP contribution in [0.3, 0.4) is 0 Å². The molecule has 6 nitrogen and oxygen atoms in total. The molecule has 0 saturated heterocycles. The van der Waals surface area contributed by atoms with Gasteiger partial charge in [-0.25, -0.2) is 4.79 Å². The van der Waals surface area contributed by atoms with Gasteiger partial charge in [0.1, 0.15) is 6.61 Å². The minimum absolute atomic E-state index is 0.456. The predicted octanol–water partition coefficient (Wildman–Crippen LogP) is -0.0377. The van der Waals surface area contributed by atoms with Crippen molar-refractivity contribution in [1.29, 1.82) is 0 Å². The molecular formula is C6H6N2O4. The number of hydrogen-bond donors (Lipinski definition) is 1. The van der Waals surface area contributed by atoms with E-state index < -0.39 is 24.7 Å². The number of amides is 1. The summed E-state index contributed by atoms with van der Waals surface area (Å²) < 4.78 is 4.69. The van der Waals surface area contributed by atoms with Crippen LogP contribution in [-0.2, 0) is 14.3 Å². The highest BCUT2D eigenvalue weighted by molar-refractivity contribution is 5.88. The molecule has 0 aliphatic carbocycles. The maximum Gasteiger partial charge on any atom is 0.329 e. The van der Waals surface area contributed by atoms with Crippen LogP contribution in [-0.4, -0.2) is 29.8 Å². The summed E-state index contributed by atoms with van der Waals surface area (Å²) in [6, 6.07) is 0. The fourth-order valence-electron chi connectivity index (χ4n) is 0.596. The second-order valence-corrected chi connectivity index (χ2v) is 2.01. The maximum absolute atomic E-state index is 10.4. The molecule has 0 aromatic heterocycles. The lowest BCUT2D eigenvalue weighted by Crippen LogP contribution is -2.16. The van der Waals surface area contributed by atoms with Crippen LogP contribution < -0.4 is 0 Å². The SMILES string of the molecule is O=C(O)COC1C=CC(=O)N=N1. The fourth-order valence-corrected chi connectivity index (χ4v) is 0.596. The largest absolute Gasteiger partial charge is 0.480 e. The van der Waals surface area contributed by atoms with E-state index in [4.69, 9.17) is 9.84 Å². The molecule has 6 heteroatoms. The molecule has 12 heavy (non-hydrogen) atoms. The fraction of sp³-hybridized carbons (Fsp3) is 0.333. The Hall–Kier alpha value is -1.56. The van der Waals surface area contributed by atoms with Crippen LogP contribution in [0.15, 0.2) is 22.4 Å². The van der Waals surface area contributed by atoms with Crippen LogP contribution in [0.5, 0.6) is 0 Å². The minimum atomic E-state index is -1.09. The molecule has 1 atom stereocenters. The van der Waals surface area contributed by atoms with E-state index in [-0.39, 0.29) is 0 Å². The molecule has 0 saturated carbocycles. The van der Waals surface area contributed by atoms with E-state index in [2.05, 4.69) is 10.2 Å². The van der Waals surface area contributed by atoms with E-state index in [1.165, 1.54) is 12.2 Å². The van der Waals surface area contributed by atoms with Crippen molar-refractivity contribution < 1.29 is 19.4 Å². The number of ether oxygens (including phenoxy) is 1. The third kappa shape index (κ3) is 2.59. The van der Waals surface area contributed by atoms with Gasteiger partial charge in [-0.05, 0) is 6.08 Å². The first-order valence-electron chi connectivity index (χ1n) is 3.15. The minimum Gasteiger partial charge on any atom is -0.480 e. The van der Waals surface area contributed by atoms with Crippen LogP contribution in [0.25, 0.3) is 0 Å². The molecule has 0 aromatic rings. The molecule has 1 aliphatic heterocycles. The molecule has 1 heterocycles. The van der Waals surface area contributed by atoms with Crippen molar-refractivity contribution in [2.24, 2.45) is 10.2 Å². The van der Waals surface area contributed by atoms with Crippen LogP contribution in [0, 0.1) is 0 Å². The van der Waals surface area contributed by atoms with Crippen molar-refractivity contribution in [1.82, 2.24) is 0 Å². The Balaban J connectivity index is 2.36. The highest BCUT2D eigenvalue weighted by Crippen LogP contribution is 2.03. The average molecular weight is 170 g/mol. The highest BCUT2D eigenvalue weighted by Gasteiger charge is 2.10. The van der Waals surface area contributed by atoms with Gasteiger partial charge in [-0.2, -0.15) is 0 Å². The number of rotatable bonds is 3. The van der Waals surface area contributed by atoms with Gasteiger partial charge in [-0.1, -0.05) is 0 Å². The molecule has 1 N–H and O–H groups in total. The van der Waals surface area contributed by atoms with Crippen molar-refractivity contribution in [2.45, 2.75) is 6.23 Å². The number of carboxylic acids is 1. The zero-order valence-corrected chi connectivity index (χ0v) is 6.01. The summed E-state index contributed by atoms with van der Waals surface area (Å²) in [6.45, 7) is -0.456. The predicted molar refractivity (Wildman–Crippen MR) is 36.4 cm³/mol. The van der Waals surface area contributed by atoms with E-state index in [9.17, 15) is 9.59 Å². The van der Waals surface area contributed by atoms with Crippen molar-refractivity contribution in [3.63, 3.8) is 0 Å². The van der Waals surface area contributed by atoms with Gasteiger partial charge in [0.25, 0.3) is 5.91 Å². The zero-order valence-electron chi connectivity index (χ0n) is 6.01. The Morgan fingerprint density at radius 3 is 3.00 bits per heavy atom. The molecule has 1 rings (SSSR count). The van der Waals surface area contributed by atoms with E-state index in [1.807, 2.05) is 0 Å². The Kier molecular flexibility index (Phi) is 2.65. The summed E-state index contributed by atoms with van der Waals surface area (Å²) in [6.07, 6.45) is 1.77. The molecule has 1 unspecified atom stereocenters. The number of hydrogen-bond acceptors (Lipinski definition) is 4. The molecule has 0 spiro atoms. The van der Waals surface area contributed by atoms with Crippen LogP contribution in [0.1, 0.15) is 0 Å². The number of carbonyl (C=O) groups excluding carboxylic acids is 1. The summed E-state index contributed by atoms with van der Waals surface area (Å²) in [5, 5.41) is 14.8. The maximum atomic E-state index is 10.4. The van der Waals surface area contributed by atoms with Crippen molar-refractivity contribution in [2.75, 3.05) is 6.61 Å². The quantitative estimate of drug-likeness (QED) is 0.643. The second kappa shape index (κ2) is 3.72.